The Balaban J connectivity index is 1.47. The molecule has 1 aliphatic rings. The molecular formula is C26H28ClN7O3. The fourth-order valence-electron chi connectivity index (χ4n) is 4.93. The standard InChI is InChI=1S/C26H28ClN7O3/c1-31(2)17-10-11-33(14-17)21-9-8-16(12-22(21)34(35)36)29-26-28-13-20(27)24(30-26)19-15-32(3)25-18(19)6-5-7-23(25)37-4/h5-9,12-13,15,17H,10-11,14H2,1-4H3,(H,28,29,30)/t17-/m1/s1. The van der Waals surface area contributed by atoms with Gasteiger partial charge in [-0.05, 0) is 38.7 Å². The molecule has 37 heavy (non-hydrogen) atoms. The third-order valence-corrected chi connectivity index (χ3v) is 7.12. The van der Waals surface area contributed by atoms with Crippen LogP contribution in [0.4, 0.5) is 23.0 Å². The van der Waals surface area contributed by atoms with E-state index in [1.807, 2.05) is 56.2 Å². The van der Waals surface area contributed by atoms with Crippen LogP contribution in [-0.2, 0) is 7.05 Å². The number of anilines is 3. The van der Waals surface area contributed by atoms with E-state index >= 15 is 0 Å². The molecule has 2 aromatic carbocycles. The van der Waals surface area contributed by atoms with Crippen LogP contribution in [0.1, 0.15) is 6.42 Å². The van der Waals surface area contributed by atoms with Gasteiger partial charge in [0.05, 0.1) is 34.5 Å². The highest BCUT2D eigenvalue weighted by atomic mass is 35.5. The molecule has 0 amide bonds. The van der Waals surface area contributed by atoms with Gasteiger partial charge in [-0.15, -0.1) is 0 Å². The number of fused-ring (bicyclic) bond motifs is 1. The Kier molecular flexibility index (Phi) is 6.61. The molecule has 0 unspecified atom stereocenters. The van der Waals surface area contributed by atoms with Gasteiger partial charge in [0, 0.05) is 55.1 Å². The minimum atomic E-state index is -0.346. The van der Waals surface area contributed by atoms with Crippen molar-refractivity contribution in [1.29, 1.82) is 0 Å². The minimum absolute atomic E-state index is 0.0414. The first-order valence-corrected chi connectivity index (χ1v) is 12.3. The van der Waals surface area contributed by atoms with Crippen molar-refractivity contribution in [1.82, 2.24) is 19.4 Å². The lowest BCUT2D eigenvalue weighted by Crippen LogP contribution is -2.31. The summed E-state index contributed by atoms with van der Waals surface area (Å²) >= 11 is 6.52. The Bertz CT molecular complexity index is 1490. The second kappa shape index (κ2) is 9.87. The number of nitrogens with one attached hydrogen (secondary N) is 1. The maximum atomic E-state index is 11.9. The van der Waals surface area contributed by atoms with Gasteiger partial charge >= 0.3 is 0 Å². The van der Waals surface area contributed by atoms with Gasteiger partial charge in [0.1, 0.15) is 11.4 Å². The van der Waals surface area contributed by atoms with E-state index in [1.165, 1.54) is 12.3 Å². The van der Waals surface area contributed by atoms with Gasteiger partial charge in [0.2, 0.25) is 5.95 Å². The molecule has 10 nitrogen and oxygen atoms in total. The predicted molar refractivity (Wildman–Crippen MR) is 146 cm³/mol. The number of aromatic nitrogens is 3. The number of rotatable bonds is 7. The van der Waals surface area contributed by atoms with E-state index in [4.69, 9.17) is 16.3 Å². The van der Waals surface area contributed by atoms with Crippen LogP contribution in [0.25, 0.3) is 22.2 Å². The predicted octanol–water partition coefficient (Wildman–Crippen LogP) is 5.09. The highest BCUT2D eigenvalue weighted by Crippen LogP contribution is 2.38. The lowest BCUT2D eigenvalue weighted by Gasteiger charge is -2.22. The zero-order valence-corrected chi connectivity index (χ0v) is 21.9. The molecule has 1 atom stereocenters. The molecule has 1 aliphatic heterocycles. The van der Waals surface area contributed by atoms with Gasteiger partial charge in [0.15, 0.2) is 0 Å². The molecule has 192 valence electrons. The van der Waals surface area contributed by atoms with E-state index in [1.54, 1.807) is 13.2 Å². The van der Waals surface area contributed by atoms with Crippen molar-refractivity contribution in [2.24, 2.45) is 7.05 Å². The molecule has 0 aliphatic carbocycles. The molecule has 1 saturated heterocycles. The zero-order chi connectivity index (χ0) is 26.3. The lowest BCUT2D eigenvalue weighted by atomic mass is 10.1. The Hall–Kier alpha value is -3.89. The number of benzene rings is 2. The summed E-state index contributed by atoms with van der Waals surface area (Å²) in [6.07, 6.45) is 4.44. The number of ether oxygens (including phenoxy) is 1. The summed E-state index contributed by atoms with van der Waals surface area (Å²) in [4.78, 5) is 24.8. The van der Waals surface area contributed by atoms with E-state index in [9.17, 15) is 10.1 Å². The maximum absolute atomic E-state index is 11.9. The molecular weight excluding hydrogens is 494 g/mol. The van der Waals surface area contributed by atoms with Crippen molar-refractivity contribution < 1.29 is 9.66 Å². The molecule has 4 aromatic rings. The van der Waals surface area contributed by atoms with Crippen LogP contribution in [-0.4, -0.2) is 64.7 Å². The number of halogens is 1. The van der Waals surface area contributed by atoms with Crippen LogP contribution < -0.4 is 15.0 Å². The van der Waals surface area contributed by atoms with Crippen LogP contribution in [0.2, 0.25) is 5.02 Å². The number of para-hydroxylation sites is 1. The van der Waals surface area contributed by atoms with E-state index < -0.39 is 0 Å². The fourth-order valence-corrected chi connectivity index (χ4v) is 5.12. The second-order valence-corrected chi connectivity index (χ2v) is 9.75. The summed E-state index contributed by atoms with van der Waals surface area (Å²) in [6, 6.07) is 11.3. The summed E-state index contributed by atoms with van der Waals surface area (Å²) in [5.74, 6) is 1.03. The van der Waals surface area contributed by atoms with E-state index in [0.29, 0.717) is 28.1 Å². The van der Waals surface area contributed by atoms with Crippen LogP contribution in [0, 0.1) is 10.1 Å². The third-order valence-electron chi connectivity index (χ3n) is 6.85. The zero-order valence-electron chi connectivity index (χ0n) is 21.1. The smallest absolute Gasteiger partial charge is 0.294 e. The average Bonchev–Trinajstić information content (AvgIpc) is 3.51. The van der Waals surface area contributed by atoms with Crippen molar-refractivity contribution >= 4 is 45.5 Å². The van der Waals surface area contributed by atoms with Crippen LogP contribution in [0.15, 0.2) is 48.8 Å². The second-order valence-electron chi connectivity index (χ2n) is 9.34. The first-order valence-electron chi connectivity index (χ1n) is 11.9. The summed E-state index contributed by atoms with van der Waals surface area (Å²) in [7, 11) is 7.63. The van der Waals surface area contributed by atoms with Crippen LogP contribution in [0.3, 0.4) is 0 Å². The molecule has 0 spiro atoms. The molecule has 2 aromatic heterocycles. The number of nitro groups is 1. The summed E-state index contributed by atoms with van der Waals surface area (Å²) in [5, 5.41) is 16.4. The molecule has 0 bridgehead atoms. The van der Waals surface area contributed by atoms with E-state index in [-0.39, 0.29) is 16.6 Å². The minimum Gasteiger partial charge on any atom is -0.495 e. The Morgan fingerprint density at radius 3 is 2.78 bits per heavy atom. The summed E-state index contributed by atoms with van der Waals surface area (Å²) in [5.41, 5.74) is 3.48. The Morgan fingerprint density at radius 2 is 2.08 bits per heavy atom. The van der Waals surface area contributed by atoms with Gasteiger partial charge in [-0.25, -0.2) is 9.97 Å². The molecule has 11 heteroatoms. The first kappa shape index (κ1) is 24.8. The monoisotopic (exact) mass is 521 g/mol. The SMILES string of the molecule is COc1cccc2c(-c3nc(Nc4ccc(N5CC[C@@H](N(C)C)C5)c([N+](=O)[O-])c4)ncc3Cl)cn(C)c12. The normalized spacial score (nSPS) is 15.5. The average molecular weight is 522 g/mol. The number of methoxy groups -OCH3 is 1. The lowest BCUT2D eigenvalue weighted by molar-refractivity contribution is -0.384. The summed E-state index contributed by atoms with van der Waals surface area (Å²) in [6.45, 7) is 1.52. The van der Waals surface area contributed by atoms with Gasteiger partial charge in [-0.3, -0.25) is 10.1 Å². The highest BCUT2D eigenvalue weighted by Gasteiger charge is 2.29. The van der Waals surface area contributed by atoms with Gasteiger partial charge in [-0.1, -0.05) is 23.7 Å². The number of nitro benzene ring substituents is 1. The van der Waals surface area contributed by atoms with E-state index in [0.717, 1.165) is 41.7 Å². The van der Waals surface area contributed by atoms with Crippen LogP contribution >= 0.6 is 11.6 Å². The first-order chi connectivity index (χ1) is 17.8. The number of nitrogens with zero attached hydrogens (tertiary/aromatic N) is 6. The van der Waals surface area contributed by atoms with Crippen molar-refractivity contribution in [2.75, 3.05) is 44.5 Å². The van der Waals surface area contributed by atoms with Crippen molar-refractivity contribution in [3.63, 3.8) is 0 Å². The number of hydrogen-bond donors (Lipinski definition) is 1. The molecule has 1 fully saturated rings. The largest absolute Gasteiger partial charge is 0.495 e. The molecule has 0 radical (unpaired) electrons. The fraction of sp³-hybridized carbons (Fsp3) is 0.308. The molecule has 5 rings (SSSR count). The topological polar surface area (TPSA) is 102 Å². The third kappa shape index (κ3) is 4.65. The molecule has 0 saturated carbocycles. The molecule has 3 heterocycles. The van der Waals surface area contributed by atoms with Gasteiger partial charge in [0.25, 0.3) is 5.69 Å². The Labute approximate surface area is 219 Å². The van der Waals surface area contributed by atoms with E-state index in [2.05, 4.69) is 25.1 Å². The molecule has 1 N–H and O–H groups in total. The summed E-state index contributed by atoms with van der Waals surface area (Å²) < 4.78 is 7.49. The highest BCUT2D eigenvalue weighted by molar-refractivity contribution is 6.33. The van der Waals surface area contributed by atoms with Crippen molar-refractivity contribution in [3.05, 3.63) is 63.9 Å². The Morgan fingerprint density at radius 1 is 1.27 bits per heavy atom. The number of likely N-dealkylation sites (N-methyl/N-ethyl adjacent to an activating group) is 1. The van der Waals surface area contributed by atoms with Crippen molar-refractivity contribution in [2.45, 2.75) is 12.5 Å². The maximum Gasteiger partial charge on any atom is 0.294 e. The van der Waals surface area contributed by atoms with Crippen LogP contribution in [0.5, 0.6) is 5.75 Å². The number of aryl methyl sites for hydroxylation is 1. The van der Waals surface area contributed by atoms with Gasteiger partial charge in [-0.2, -0.15) is 0 Å². The van der Waals surface area contributed by atoms with Gasteiger partial charge < -0.3 is 24.4 Å². The quantitative estimate of drug-likeness (QED) is 0.265. The van der Waals surface area contributed by atoms with Crippen molar-refractivity contribution in [3.8, 4) is 17.0 Å². The number of hydrogen-bond acceptors (Lipinski definition) is 8.